The number of nitrogens with zero attached hydrogens (tertiary/aromatic N) is 2. The molecule has 24 heavy (non-hydrogen) atoms. The van der Waals surface area contributed by atoms with Gasteiger partial charge in [0.05, 0.1) is 11.8 Å². The Bertz CT molecular complexity index is 753. The standard InChI is InChI=1S/C16H15F3N4O/c17-16(18,19)13-5-1-4-12(7-13)10-24-14-6-2-3-11(8-14)9-22-23-15(20)21/h1-9H,10H2,(H4,20,21,23). The van der Waals surface area contributed by atoms with Gasteiger partial charge in [0.1, 0.15) is 12.4 Å². The molecule has 2 aromatic carbocycles. The first-order valence-corrected chi connectivity index (χ1v) is 6.85. The summed E-state index contributed by atoms with van der Waals surface area (Å²) in [7, 11) is 0. The van der Waals surface area contributed by atoms with Gasteiger partial charge in [-0.2, -0.15) is 18.3 Å². The lowest BCUT2D eigenvalue weighted by atomic mass is 10.1. The van der Waals surface area contributed by atoms with Crippen molar-refractivity contribution in [2.24, 2.45) is 21.7 Å². The molecule has 0 aliphatic rings. The van der Waals surface area contributed by atoms with Crippen molar-refractivity contribution in [3.63, 3.8) is 0 Å². The van der Waals surface area contributed by atoms with Crippen LogP contribution >= 0.6 is 0 Å². The van der Waals surface area contributed by atoms with E-state index in [1.54, 1.807) is 30.3 Å². The number of benzene rings is 2. The second-order valence-electron chi connectivity index (χ2n) is 4.83. The zero-order valence-electron chi connectivity index (χ0n) is 12.5. The molecule has 0 unspecified atom stereocenters. The molecule has 0 spiro atoms. The minimum atomic E-state index is -4.38. The van der Waals surface area contributed by atoms with E-state index in [-0.39, 0.29) is 12.6 Å². The molecule has 0 radical (unpaired) electrons. The van der Waals surface area contributed by atoms with Crippen LogP contribution in [0.1, 0.15) is 16.7 Å². The Kier molecular flexibility index (Phi) is 5.41. The molecule has 0 atom stereocenters. The maximum absolute atomic E-state index is 12.7. The summed E-state index contributed by atoms with van der Waals surface area (Å²) in [6.45, 7) is 0.0123. The van der Waals surface area contributed by atoms with Crippen LogP contribution in [-0.2, 0) is 12.8 Å². The van der Waals surface area contributed by atoms with Gasteiger partial charge >= 0.3 is 6.18 Å². The Morgan fingerprint density at radius 3 is 2.54 bits per heavy atom. The summed E-state index contributed by atoms with van der Waals surface area (Å²) in [5.74, 6) is 0.323. The number of halogens is 3. The normalized spacial score (nSPS) is 11.5. The lowest BCUT2D eigenvalue weighted by Crippen LogP contribution is -2.21. The van der Waals surface area contributed by atoms with Crippen molar-refractivity contribution < 1.29 is 17.9 Å². The molecule has 0 saturated heterocycles. The fourth-order valence-electron chi connectivity index (χ4n) is 1.85. The zero-order chi connectivity index (χ0) is 17.6. The summed E-state index contributed by atoms with van der Waals surface area (Å²) >= 11 is 0. The molecular formula is C16H15F3N4O. The maximum Gasteiger partial charge on any atom is 0.416 e. The smallest absolute Gasteiger partial charge is 0.416 e. The van der Waals surface area contributed by atoms with E-state index in [9.17, 15) is 13.2 Å². The quantitative estimate of drug-likeness (QED) is 0.500. The summed E-state index contributed by atoms with van der Waals surface area (Å²) in [6.07, 6.45) is -2.95. The SMILES string of the molecule is NC(N)=NN=Cc1cccc(OCc2cccc(C(F)(F)F)c2)c1. The number of alkyl halides is 3. The molecule has 0 fully saturated rings. The predicted octanol–water partition coefficient (Wildman–Crippen LogP) is 2.89. The Morgan fingerprint density at radius 1 is 1.08 bits per heavy atom. The largest absolute Gasteiger partial charge is 0.489 e. The highest BCUT2D eigenvalue weighted by atomic mass is 19.4. The summed E-state index contributed by atoms with van der Waals surface area (Å²) in [6, 6.07) is 11.8. The van der Waals surface area contributed by atoms with Crippen molar-refractivity contribution in [2.45, 2.75) is 12.8 Å². The van der Waals surface area contributed by atoms with Gasteiger partial charge in [0.25, 0.3) is 0 Å². The fourth-order valence-corrected chi connectivity index (χ4v) is 1.85. The highest BCUT2D eigenvalue weighted by molar-refractivity contribution is 5.81. The first-order valence-electron chi connectivity index (χ1n) is 6.85. The van der Waals surface area contributed by atoms with Gasteiger partial charge < -0.3 is 16.2 Å². The second kappa shape index (κ2) is 7.49. The summed E-state index contributed by atoms with van der Waals surface area (Å²) in [5, 5.41) is 7.14. The molecule has 4 N–H and O–H groups in total. The van der Waals surface area contributed by atoms with Crippen LogP contribution in [0, 0.1) is 0 Å². The van der Waals surface area contributed by atoms with Crippen LogP contribution in [0.15, 0.2) is 58.7 Å². The Hall–Kier alpha value is -3.03. The van der Waals surface area contributed by atoms with Gasteiger partial charge in [0.2, 0.25) is 5.96 Å². The van der Waals surface area contributed by atoms with E-state index in [4.69, 9.17) is 16.2 Å². The summed E-state index contributed by atoms with van der Waals surface area (Å²) < 4.78 is 43.5. The van der Waals surface area contributed by atoms with E-state index in [1.807, 2.05) is 0 Å². The lowest BCUT2D eigenvalue weighted by molar-refractivity contribution is -0.137. The van der Waals surface area contributed by atoms with Crippen molar-refractivity contribution in [2.75, 3.05) is 0 Å². The molecule has 2 aromatic rings. The Labute approximate surface area is 136 Å². The Balaban J connectivity index is 2.05. The molecule has 0 bridgehead atoms. The van der Waals surface area contributed by atoms with E-state index >= 15 is 0 Å². The average Bonchev–Trinajstić information content (AvgIpc) is 2.52. The number of hydrogen-bond acceptors (Lipinski definition) is 3. The van der Waals surface area contributed by atoms with Crippen LogP contribution in [0.25, 0.3) is 0 Å². The monoisotopic (exact) mass is 336 g/mol. The van der Waals surface area contributed by atoms with Crippen LogP contribution in [0.2, 0.25) is 0 Å². The number of hydrogen-bond donors (Lipinski definition) is 2. The summed E-state index contributed by atoms with van der Waals surface area (Å²) in [5.41, 5.74) is 10.7. The van der Waals surface area contributed by atoms with Crippen LogP contribution in [-0.4, -0.2) is 12.2 Å². The summed E-state index contributed by atoms with van der Waals surface area (Å²) in [4.78, 5) is 0. The molecule has 8 heteroatoms. The van der Waals surface area contributed by atoms with Gasteiger partial charge in [-0.1, -0.05) is 24.3 Å². The first-order chi connectivity index (χ1) is 11.3. The van der Waals surface area contributed by atoms with Gasteiger partial charge in [-0.05, 0) is 35.4 Å². The fraction of sp³-hybridized carbons (Fsp3) is 0.125. The van der Waals surface area contributed by atoms with Crippen molar-refractivity contribution in [1.29, 1.82) is 0 Å². The molecule has 126 valence electrons. The van der Waals surface area contributed by atoms with Crippen molar-refractivity contribution >= 4 is 12.2 Å². The number of rotatable bonds is 5. The third-order valence-corrected chi connectivity index (χ3v) is 2.90. The minimum absolute atomic E-state index is 0.0123. The molecular weight excluding hydrogens is 321 g/mol. The number of nitrogens with two attached hydrogens (primary N) is 2. The van der Waals surface area contributed by atoms with E-state index in [2.05, 4.69) is 10.2 Å². The molecule has 2 rings (SSSR count). The third kappa shape index (κ3) is 5.31. The molecule has 0 aliphatic carbocycles. The lowest BCUT2D eigenvalue weighted by Gasteiger charge is -2.10. The topological polar surface area (TPSA) is 86.0 Å². The van der Waals surface area contributed by atoms with Gasteiger partial charge in [0.15, 0.2) is 0 Å². The van der Waals surface area contributed by atoms with Gasteiger partial charge in [-0.25, -0.2) is 0 Å². The second-order valence-corrected chi connectivity index (χ2v) is 4.83. The molecule has 5 nitrogen and oxygen atoms in total. The van der Waals surface area contributed by atoms with Crippen LogP contribution in [0.4, 0.5) is 13.2 Å². The van der Waals surface area contributed by atoms with Crippen LogP contribution in [0.5, 0.6) is 5.75 Å². The highest BCUT2D eigenvalue weighted by Crippen LogP contribution is 2.29. The van der Waals surface area contributed by atoms with E-state index < -0.39 is 11.7 Å². The average molecular weight is 336 g/mol. The van der Waals surface area contributed by atoms with Crippen LogP contribution < -0.4 is 16.2 Å². The predicted molar refractivity (Wildman–Crippen MR) is 85.6 cm³/mol. The van der Waals surface area contributed by atoms with E-state index in [1.165, 1.54) is 12.3 Å². The van der Waals surface area contributed by atoms with Gasteiger partial charge in [0, 0.05) is 0 Å². The molecule has 0 saturated carbocycles. The number of ether oxygens (including phenoxy) is 1. The van der Waals surface area contributed by atoms with E-state index in [0.29, 0.717) is 16.9 Å². The van der Waals surface area contributed by atoms with Gasteiger partial charge in [-0.15, -0.1) is 5.10 Å². The first kappa shape index (κ1) is 17.3. The third-order valence-electron chi connectivity index (χ3n) is 2.90. The Morgan fingerprint density at radius 2 is 1.83 bits per heavy atom. The van der Waals surface area contributed by atoms with Gasteiger partial charge in [-0.3, -0.25) is 0 Å². The van der Waals surface area contributed by atoms with Crippen LogP contribution in [0.3, 0.4) is 0 Å². The molecule has 0 aliphatic heterocycles. The maximum atomic E-state index is 12.7. The van der Waals surface area contributed by atoms with E-state index in [0.717, 1.165) is 12.1 Å². The molecule has 0 aromatic heterocycles. The van der Waals surface area contributed by atoms with Crippen molar-refractivity contribution in [3.05, 3.63) is 65.2 Å². The molecule has 0 amide bonds. The highest BCUT2D eigenvalue weighted by Gasteiger charge is 2.30. The van der Waals surface area contributed by atoms with Crippen molar-refractivity contribution in [3.8, 4) is 5.75 Å². The molecule has 0 heterocycles. The minimum Gasteiger partial charge on any atom is -0.489 e. The van der Waals surface area contributed by atoms with Crippen molar-refractivity contribution in [1.82, 2.24) is 0 Å². The zero-order valence-corrected chi connectivity index (χ0v) is 12.5. The number of guanidine groups is 1.